The summed E-state index contributed by atoms with van der Waals surface area (Å²) >= 11 is 1.68. The van der Waals surface area contributed by atoms with Gasteiger partial charge in [0.05, 0.1) is 0 Å². The number of nitrogens with one attached hydrogen (secondary N) is 1. The molecule has 0 aliphatic heterocycles. The van der Waals surface area contributed by atoms with Gasteiger partial charge < -0.3 is 11.1 Å². The molecule has 1 amide bonds. The lowest BCUT2D eigenvalue weighted by Gasteiger charge is -2.08. The molecule has 0 aromatic carbocycles. The molecule has 0 saturated carbocycles. The molecular formula is C11H18N2OS. The molecule has 15 heavy (non-hydrogen) atoms. The van der Waals surface area contributed by atoms with E-state index < -0.39 is 0 Å². The summed E-state index contributed by atoms with van der Waals surface area (Å²) in [6.07, 6.45) is 1.44. The first kappa shape index (κ1) is 12.2. The molecule has 1 rings (SSSR count). The van der Waals surface area contributed by atoms with Gasteiger partial charge in [0, 0.05) is 13.0 Å². The molecule has 1 aromatic heterocycles. The highest BCUT2D eigenvalue weighted by Gasteiger charge is 2.06. The lowest BCUT2D eigenvalue weighted by atomic mass is 10.1. The van der Waals surface area contributed by atoms with Crippen LogP contribution in [-0.2, 0) is 11.2 Å². The number of carbonyl (C=O) groups is 1. The van der Waals surface area contributed by atoms with Gasteiger partial charge in [-0.3, -0.25) is 4.79 Å². The second-order valence-corrected chi connectivity index (χ2v) is 4.56. The maximum absolute atomic E-state index is 11.4. The number of thiophene rings is 1. The predicted molar refractivity (Wildman–Crippen MR) is 63.9 cm³/mol. The van der Waals surface area contributed by atoms with Crippen molar-refractivity contribution in [2.24, 2.45) is 11.7 Å². The van der Waals surface area contributed by atoms with Crippen molar-refractivity contribution in [2.75, 3.05) is 13.1 Å². The molecule has 0 radical (unpaired) electrons. The highest BCUT2D eigenvalue weighted by atomic mass is 32.1. The Balaban J connectivity index is 2.12. The molecule has 0 bridgehead atoms. The van der Waals surface area contributed by atoms with Gasteiger partial charge in [-0.05, 0) is 41.3 Å². The quantitative estimate of drug-likeness (QED) is 0.770. The van der Waals surface area contributed by atoms with Gasteiger partial charge >= 0.3 is 0 Å². The molecule has 0 spiro atoms. The standard InChI is InChI=1S/C11H18N2OS/c1-9(7-12)6-11(14)13-4-2-10-3-5-15-8-10/h3,5,8-9H,2,4,6-7,12H2,1H3,(H,13,14). The van der Waals surface area contributed by atoms with E-state index in [2.05, 4.69) is 16.8 Å². The van der Waals surface area contributed by atoms with Crippen molar-refractivity contribution in [3.63, 3.8) is 0 Å². The Morgan fingerprint density at radius 2 is 2.47 bits per heavy atom. The van der Waals surface area contributed by atoms with Crippen LogP contribution in [-0.4, -0.2) is 19.0 Å². The number of hydrogen-bond donors (Lipinski definition) is 2. The second-order valence-electron chi connectivity index (χ2n) is 3.78. The zero-order chi connectivity index (χ0) is 11.1. The number of hydrogen-bond acceptors (Lipinski definition) is 3. The van der Waals surface area contributed by atoms with Gasteiger partial charge in [-0.1, -0.05) is 6.92 Å². The lowest BCUT2D eigenvalue weighted by molar-refractivity contribution is -0.121. The topological polar surface area (TPSA) is 55.1 Å². The molecule has 4 heteroatoms. The van der Waals surface area contributed by atoms with Crippen LogP contribution in [0.1, 0.15) is 18.9 Å². The molecule has 0 saturated heterocycles. The number of nitrogens with two attached hydrogens (primary N) is 1. The molecule has 84 valence electrons. The molecule has 3 nitrogen and oxygen atoms in total. The minimum Gasteiger partial charge on any atom is -0.356 e. The summed E-state index contributed by atoms with van der Waals surface area (Å²) in [7, 11) is 0. The SMILES string of the molecule is CC(CN)CC(=O)NCCc1ccsc1. The van der Waals surface area contributed by atoms with Crippen molar-refractivity contribution in [1.29, 1.82) is 0 Å². The highest BCUT2D eigenvalue weighted by Crippen LogP contribution is 2.05. The monoisotopic (exact) mass is 226 g/mol. The third kappa shape index (κ3) is 4.95. The van der Waals surface area contributed by atoms with Crippen molar-refractivity contribution in [3.8, 4) is 0 Å². The van der Waals surface area contributed by atoms with E-state index in [1.807, 2.05) is 12.3 Å². The fourth-order valence-corrected chi connectivity index (χ4v) is 1.96. The van der Waals surface area contributed by atoms with Crippen molar-refractivity contribution < 1.29 is 4.79 Å². The van der Waals surface area contributed by atoms with Crippen LogP contribution in [0.5, 0.6) is 0 Å². The molecule has 0 aliphatic carbocycles. The minimum atomic E-state index is 0.100. The summed E-state index contributed by atoms with van der Waals surface area (Å²) in [5.74, 6) is 0.370. The average Bonchev–Trinajstić information content (AvgIpc) is 2.70. The molecule has 1 atom stereocenters. The van der Waals surface area contributed by atoms with Gasteiger partial charge in [-0.2, -0.15) is 11.3 Å². The number of amides is 1. The van der Waals surface area contributed by atoms with Gasteiger partial charge in [0.1, 0.15) is 0 Å². The van der Waals surface area contributed by atoms with E-state index in [-0.39, 0.29) is 11.8 Å². The molecule has 1 heterocycles. The van der Waals surface area contributed by atoms with E-state index in [9.17, 15) is 4.79 Å². The van der Waals surface area contributed by atoms with Crippen molar-refractivity contribution in [2.45, 2.75) is 19.8 Å². The first-order chi connectivity index (χ1) is 7.22. The van der Waals surface area contributed by atoms with E-state index in [0.717, 1.165) is 6.42 Å². The molecule has 1 aromatic rings. The van der Waals surface area contributed by atoms with Crippen LogP contribution in [0.2, 0.25) is 0 Å². The molecule has 0 fully saturated rings. The van der Waals surface area contributed by atoms with Gasteiger partial charge in [0.15, 0.2) is 0 Å². The first-order valence-electron chi connectivity index (χ1n) is 5.20. The normalized spacial score (nSPS) is 12.4. The van der Waals surface area contributed by atoms with Gasteiger partial charge in [-0.15, -0.1) is 0 Å². The van der Waals surface area contributed by atoms with E-state index in [0.29, 0.717) is 19.5 Å². The first-order valence-corrected chi connectivity index (χ1v) is 6.14. The van der Waals surface area contributed by atoms with Crippen LogP contribution >= 0.6 is 11.3 Å². The Hall–Kier alpha value is -0.870. The number of rotatable bonds is 6. The maximum atomic E-state index is 11.4. The van der Waals surface area contributed by atoms with Crippen LogP contribution in [0.25, 0.3) is 0 Å². The summed E-state index contributed by atoms with van der Waals surface area (Å²) < 4.78 is 0. The summed E-state index contributed by atoms with van der Waals surface area (Å²) in [6, 6.07) is 2.08. The van der Waals surface area contributed by atoms with Crippen molar-refractivity contribution in [3.05, 3.63) is 22.4 Å². The van der Waals surface area contributed by atoms with E-state index in [4.69, 9.17) is 5.73 Å². The third-order valence-electron chi connectivity index (χ3n) is 2.25. The van der Waals surface area contributed by atoms with Crippen LogP contribution < -0.4 is 11.1 Å². The van der Waals surface area contributed by atoms with E-state index >= 15 is 0 Å². The fraction of sp³-hybridized carbons (Fsp3) is 0.545. The van der Waals surface area contributed by atoms with Gasteiger partial charge in [0.2, 0.25) is 5.91 Å². The number of carbonyl (C=O) groups excluding carboxylic acids is 1. The predicted octanol–water partition coefficient (Wildman–Crippen LogP) is 1.39. The zero-order valence-electron chi connectivity index (χ0n) is 9.03. The molecule has 0 aliphatic rings. The highest BCUT2D eigenvalue weighted by molar-refractivity contribution is 7.07. The lowest BCUT2D eigenvalue weighted by Crippen LogP contribution is -2.28. The smallest absolute Gasteiger partial charge is 0.220 e. The summed E-state index contributed by atoms with van der Waals surface area (Å²) in [4.78, 5) is 11.4. The van der Waals surface area contributed by atoms with Crippen LogP contribution in [0.3, 0.4) is 0 Å². The van der Waals surface area contributed by atoms with E-state index in [1.165, 1.54) is 5.56 Å². The molecular weight excluding hydrogens is 208 g/mol. The summed E-state index contributed by atoms with van der Waals surface area (Å²) in [5, 5.41) is 7.05. The van der Waals surface area contributed by atoms with Crippen molar-refractivity contribution in [1.82, 2.24) is 5.32 Å². The second kappa shape index (κ2) is 6.58. The van der Waals surface area contributed by atoms with Crippen LogP contribution in [0.15, 0.2) is 16.8 Å². The zero-order valence-corrected chi connectivity index (χ0v) is 9.85. The Labute approximate surface area is 94.7 Å². The third-order valence-corrected chi connectivity index (χ3v) is 2.98. The Kier molecular flexibility index (Phi) is 5.36. The molecule has 3 N–H and O–H groups in total. The Morgan fingerprint density at radius 3 is 3.07 bits per heavy atom. The largest absolute Gasteiger partial charge is 0.356 e. The van der Waals surface area contributed by atoms with Crippen molar-refractivity contribution >= 4 is 17.2 Å². The average molecular weight is 226 g/mol. The Bertz CT molecular complexity index is 285. The van der Waals surface area contributed by atoms with Crippen LogP contribution in [0, 0.1) is 5.92 Å². The summed E-state index contributed by atoms with van der Waals surface area (Å²) in [6.45, 7) is 3.27. The van der Waals surface area contributed by atoms with Crippen LogP contribution in [0.4, 0.5) is 0 Å². The fourth-order valence-electron chi connectivity index (χ4n) is 1.25. The Morgan fingerprint density at radius 1 is 1.67 bits per heavy atom. The summed E-state index contributed by atoms with van der Waals surface area (Å²) in [5.41, 5.74) is 6.73. The molecule has 1 unspecified atom stereocenters. The van der Waals surface area contributed by atoms with Gasteiger partial charge in [0.25, 0.3) is 0 Å². The van der Waals surface area contributed by atoms with Gasteiger partial charge in [-0.25, -0.2) is 0 Å². The van der Waals surface area contributed by atoms with E-state index in [1.54, 1.807) is 11.3 Å². The maximum Gasteiger partial charge on any atom is 0.220 e. The minimum absolute atomic E-state index is 0.100.